The standard InChI is InChI=1S/C18H19ClN2O5/c1-3-20-17(23)11(2)21-16(22)10-25-18(24)15-9-8-14(26-15)12-6-4-5-7-13(12)19/h4-9,11H,3,10H2,1-2H3,(H,20,23)(H,21,22)/t11-/m0/s1. The number of amides is 2. The van der Waals surface area contributed by atoms with Crippen LogP contribution in [0.2, 0.25) is 5.02 Å². The fourth-order valence-corrected chi connectivity index (χ4v) is 2.36. The molecule has 2 aromatic rings. The Morgan fingerprint density at radius 2 is 1.92 bits per heavy atom. The number of halogens is 1. The Kier molecular flexibility index (Phi) is 6.80. The molecule has 0 aliphatic rings. The predicted molar refractivity (Wildman–Crippen MR) is 95.7 cm³/mol. The summed E-state index contributed by atoms with van der Waals surface area (Å²) in [4.78, 5) is 35.3. The first kappa shape index (κ1) is 19.5. The first-order valence-electron chi connectivity index (χ1n) is 8.01. The van der Waals surface area contributed by atoms with Crippen LogP contribution in [0.4, 0.5) is 0 Å². The lowest BCUT2D eigenvalue weighted by molar-refractivity contribution is -0.130. The van der Waals surface area contributed by atoms with Crippen LogP contribution >= 0.6 is 11.6 Å². The highest BCUT2D eigenvalue weighted by Gasteiger charge is 2.18. The van der Waals surface area contributed by atoms with E-state index in [2.05, 4.69) is 10.6 Å². The molecule has 0 bridgehead atoms. The molecule has 0 saturated heterocycles. The Bertz CT molecular complexity index is 802. The van der Waals surface area contributed by atoms with Crippen LogP contribution in [0.1, 0.15) is 24.4 Å². The van der Waals surface area contributed by atoms with Crippen molar-refractivity contribution in [1.82, 2.24) is 10.6 Å². The number of rotatable bonds is 7. The van der Waals surface area contributed by atoms with Crippen LogP contribution in [0.3, 0.4) is 0 Å². The first-order valence-corrected chi connectivity index (χ1v) is 8.39. The van der Waals surface area contributed by atoms with Crippen molar-refractivity contribution in [3.05, 3.63) is 47.2 Å². The molecule has 0 fully saturated rings. The Morgan fingerprint density at radius 3 is 2.62 bits per heavy atom. The van der Waals surface area contributed by atoms with Crippen LogP contribution in [-0.4, -0.2) is 37.0 Å². The number of carbonyl (C=O) groups is 3. The second-order valence-electron chi connectivity index (χ2n) is 5.40. The molecular formula is C18H19ClN2O5. The van der Waals surface area contributed by atoms with Crippen LogP contribution in [-0.2, 0) is 14.3 Å². The fourth-order valence-electron chi connectivity index (χ4n) is 2.13. The molecular weight excluding hydrogens is 360 g/mol. The van der Waals surface area contributed by atoms with E-state index in [9.17, 15) is 14.4 Å². The molecule has 0 saturated carbocycles. The van der Waals surface area contributed by atoms with Crippen molar-refractivity contribution >= 4 is 29.4 Å². The average molecular weight is 379 g/mol. The molecule has 26 heavy (non-hydrogen) atoms. The highest BCUT2D eigenvalue weighted by Crippen LogP contribution is 2.29. The van der Waals surface area contributed by atoms with Crippen LogP contribution in [0.25, 0.3) is 11.3 Å². The number of benzene rings is 1. The van der Waals surface area contributed by atoms with Gasteiger partial charge in [0, 0.05) is 12.1 Å². The Morgan fingerprint density at radius 1 is 1.19 bits per heavy atom. The SMILES string of the molecule is CCNC(=O)[C@H](C)NC(=O)COC(=O)c1ccc(-c2ccccc2Cl)o1. The van der Waals surface area contributed by atoms with Crippen LogP contribution < -0.4 is 10.6 Å². The molecule has 1 aromatic carbocycles. The van der Waals surface area contributed by atoms with Gasteiger partial charge < -0.3 is 19.8 Å². The molecule has 7 nitrogen and oxygen atoms in total. The summed E-state index contributed by atoms with van der Waals surface area (Å²) in [5.74, 6) is -1.33. The van der Waals surface area contributed by atoms with E-state index in [0.717, 1.165) is 0 Å². The van der Waals surface area contributed by atoms with Crippen molar-refractivity contribution in [2.45, 2.75) is 19.9 Å². The minimum Gasteiger partial charge on any atom is -0.450 e. The quantitative estimate of drug-likeness (QED) is 0.721. The molecule has 0 unspecified atom stereocenters. The topological polar surface area (TPSA) is 97.6 Å². The molecule has 2 N–H and O–H groups in total. The van der Waals surface area contributed by atoms with Gasteiger partial charge in [-0.15, -0.1) is 0 Å². The van der Waals surface area contributed by atoms with Crippen molar-refractivity contribution in [1.29, 1.82) is 0 Å². The Balaban J connectivity index is 1.90. The van der Waals surface area contributed by atoms with E-state index < -0.39 is 24.5 Å². The van der Waals surface area contributed by atoms with Crippen molar-refractivity contribution in [3.8, 4) is 11.3 Å². The monoisotopic (exact) mass is 378 g/mol. The lowest BCUT2D eigenvalue weighted by Crippen LogP contribution is -2.46. The number of furan rings is 1. The van der Waals surface area contributed by atoms with Gasteiger partial charge in [-0.1, -0.05) is 23.7 Å². The van der Waals surface area contributed by atoms with E-state index in [4.69, 9.17) is 20.8 Å². The smallest absolute Gasteiger partial charge is 0.374 e. The summed E-state index contributed by atoms with van der Waals surface area (Å²) in [6.45, 7) is 3.24. The van der Waals surface area contributed by atoms with E-state index in [-0.39, 0.29) is 11.7 Å². The first-order chi connectivity index (χ1) is 12.4. The van der Waals surface area contributed by atoms with Crippen molar-refractivity contribution < 1.29 is 23.5 Å². The predicted octanol–water partition coefficient (Wildman–Crippen LogP) is 2.40. The molecule has 0 radical (unpaired) electrons. The molecule has 0 spiro atoms. The summed E-state index contributed by atoms with van der Waals surface area (Å²) in [7, 11) is 0. The van der Waals surface area contributed by atoms with Crippen molar-refractivity contribution in [3.63, 3.8) is 0 Å². The Hall–Kier alpha value is -2.80. The van der Waals surface area contributed by atoms with Gasteiger partial charge in [-0.05, 0) is 38.1 Å². The second kappa shape index (κ2) is 9.05. The highest BCUT2D eigenvalue weighted by atomic mass is 35.5. The third-order valence-corrected chi connectivity index (χ3v) is 3.73. The molecule has 138 valence electrons. The minimum absolute atomic E-state index is 0.0514. The fraction of sp³-hybridized carbons (Fsp3) is 0.278. The number of nitrogens with one attached hydrogen (secondary N) is 2. The maximum atomic E-state index is 12.0. The maximum Gasteiger partial charge on any atom is 0.374 e. The van der Waals surface area contributed by atoms with Gasteiger partial charge in [0.1, 0.15) is 11.8 Å². The van der Waals surface area contributed by atoms with E-state index >= 15 is 0 Å². The normalized spacial score (nSPS) is 11.5. The Labute approximate surface area is 155 Å². The summed E-state index contributed by atoms with van der Waals surface area (Å²) < 4.78 is 10.3. The van der Waals surface area contributed by atoms with Crippen LogP contribution in [0.5, 0.6) is 0 Å². The van der Waals surface area contributed by atoms with Gasteiger partial charge >= 0.3 is 5.97 Å². The molecule has 8 heteroatoms. The lowest BCUT2D eigenvalue weighted by atomic mass is 10.2. The van der Waals surface area contributed by atoms with Gasteiger partial charge in [-0.25, -0.2) is 4.79 Å². The maximum absolute atomic E-state index is 12.0. The zero-order valence-corrected chi connectivity index (χ0v) is 15.1. The number of hydrogen-bond acceptors (Lipinski definition) is 5. The van der Waals surface area contributed by atoms with Gasteiger partial charge in [-0.3, -0.25) is 9.59 Å². The largest absolute Gasteiger partial charge is 0.450 e. The zero-order chi connectivity index (χ0) is 19.1. The molecule has 1 atom stereocenters. The van der Waals surface area contributed by atoms with E-state index in [1.54, 1.807) is 37.3 Å². The van der Waals surface area contributed by atoms with Gasteiger partial charge in [0.25, 0.3) is 5.91 Å². The summed E-state index contributed by atoms with van der Waals surface area (Å²) in [6, 6.07) is 9.35. The molecule has 1 aromatic heterocycles. The van der Waals surface area contributed by atoms with E-state index in [1.165, 1.54) is 13.0 Å². The zero-order valence-electron chi connectivity index (χ0n) is 14.4. The third-order valence-electron chi connectivity index (χ3n) is 3.40. The third kappa shape index (κ3) is 5.10. The van der Waals surface area contributed by atoms with Crippen molar-refractivity contribution in [2.24, 2.45) is 0 Å². The molecule has 2 rings (SSSR count). The number of likely N-dealkylation sites (N-methyl/N-ethyl adjacent to an activating group) is 1. The van der Waals surface area contributed by atoms with Crippen molar-refractivity contribution in [2.75, 3.05) is 13.2 Å². The van der Waals surface area contributed by atoms with Gasteiger partial charge in [0.2, 0.25) is 11.7 Å². The number of ether oxygens (including phenoxy) is 1. The van der Waals surface area contributed by atoms with Gasteiger partial charge in [0.15, 0.2) is 6.61 Å². The summed E-state index contributed by atoms with van der Waals surface area (Å²) in [5.41, 5.74) is 0.640. The lowest BCUT2D eigenvalue weighted by Gasteiger charge is -2.13. The second-order valence-corrected chi connectivity index (χ2v) is 5.81. The molecule has 2 amide bonds. The molecule has 0 aliphatic carbocycles. The summed E-state index contributed by atoms with van der Waals surface area (Å²) >= 11 is 6.08. The molecule has 0 aliphatic heterocycles. The number of carbonyl (C=O) groups excluding carboxylic acids is 3. The number of hydrogen-bond donors (Lipinski definition) is 2. The summed E-state index contributed by atoms with van der Waals surface area (Å²) in [5, 5.41) is 5.50. The molecule has 1 heterocycles. The van der Waals surface area contributed by atoms with Gasteiger partial charge in [-0.2, -0.15) is 0 Å². The van der Waals surface area contributed by atoms with Gasteiger partial charge in [0.05, 0.1) is 5.02 Å². The average Bonchev–Trinajstić information content (AvgIpc) is 3.10. The summed E-state index contributed by atoms with van der Waals surface area (Å²) in [6.07, 6.45) is 0. The number of esters is 1. The van der Waals surface area contributed by atoms with E-state index in [0.29, 0.717) is 22.9 Å². The highest BCUT2D eigenvalue weighted by molar-refractivity contribution is 6.33. The minimum atomic E-state index is -0.788. The van der Waals surface area contributed by atoms with E-state index in [1.807, 2.05) is 0 Å². The van der Waals surface area contributed by atoms with Crippen LogP contribution in [0, 0.1) is 0 Å². The van der Waals surface area contributed by atoms with Crippen LogP contribution in [0.15, 0.2) is 40.8 Å².